The van der Waals surface area contributed by atoms with Gasteiger partial charge in [0.05, 0.1) is 5.52 Å². The molecule has 1 aliphatic rings. The number of pyridine rings is 1. The molecular formula is C19H19ClN4O2. The quantitative estimate of drug-likeness (QED) is 0.753. The van der Waals surface area contributed by atoms with E-state index in [9.17, 15) is 4.79 Å². The Morgan fingerprint density at radius 2 is 2.08 bits per heavy atom. The summed E-state index contributed by atoms with van der Waals surface area (Å²) in [5, 5.41) is 8.42. The first-order chi connectivity index (χ1) is 12.6. The monoisotopic (exact) mass is 370 g/mol. The van der Waals surface area contributed by atoms with Gasteiger partial charge in [0, 0.05) is 47.4 Å². The van der Waals surface area contributed by atoms with Gasteiger partial charge in [-0.25, -0.2) is 0 Å². The number of rotatable bonds is 3. The van der Waals surface area contributed by atoms with Gasteiger partial charge < -0.3 is 14.7 Å². The summed E-state index contributed by atoms with van der Waals surface area (Å²) in [7, 11) is 0. The fourth-order valence-corrected chi connectivity index (χ4v) is 3.58. The van der Waals surface area contributed by atoms with Crippen molar-refractivity contribution in [1.29, 1.82) is 0 Å². The minimum atomic E-state index is -0.0224. The van der Waals surface area contributed by atoms with Gasteiger partial charge in [0.15, 0.2) is 5.82 Å². The molecule has 0 unspecified atom stereocenters. The summed E-state index contributed by atoms with van der Waals surface area (Å²) in [6, 6.07) is 9.51. The molecule has 0 atom stereocenters. The average Bonchev–Trinajstić information content (AvgIpc) is 3.06. The Balaban J connectivity index is 1.44. The molecule has 1 N–H and O–H groups in total. The molecule has 6 nitrogen and oxygen atoms in total. The van der Waals surface area contributed by atoms with E-state index in [1.54, 1.807) is 19.2 Å². The van der Waals surface area contributed by atoms with Crippen LogP contribution in [-0.4, -0.2) is 29.1 Å². The minimum absolute atomic E-state index is 0.00400. The number of carbonyl (C=O) groups excluding carboxylic acids is 1. The van der Waals surface area contributed by atoms with Crippen LogP contribution in [-0.2, 0) is 4.79 Å². The number of hydrogen-bond acceptors (Lipinski definition) is 5. The molecule has 0 radical (unpaired) electrons. The molecule has 0 aliphatic carbocycles. The number of amides is 1. The Hall–Kier alpha value is -2.60. The molecule has 26 heavy (non-hydrogen) atoms. The number of nitrogens with one attached hydrogen (secondary N) is 1. The van der Waals surface area contributed by atoms with Crippen LogP contribution in [0.2, 0.25) is 5.02 Å². The largest absolute Gasteiger partial charge is 0.371 e. The van der Waals surface area contributed by atoms with Crippen molar-refractivity contribution in [2.45, 2.75) is 19.8 Å². The Morgan fingerprint density at radius 3 is 2.81 bits per heavy atom. The van der Waals surface area contributed by atoms with E-state index in [0.29, 0.717) is 16.6 Å². The standard InChI is InChI=1S/C19H19ClN4O2/c1-12-10-18(23-26-12)22-19(25)13-5-8-24(9-6-13)17-4-7-21-16-11-14(20)2-3-15(16)17/h2-4,7,10-11,13H,5-6,8-9H2,1H3,(H,22,23,25). The van der Waals surface area contributed by atoms with Crippen LogP contribution in [0.15, 0.2) is 41.1 Å². The van der Waals surface area contributed by atoms with Gasteiger partial charge >= 0.3 is 0 Å². The average molecular weight is 371 g/mol. The number of piperidine rings is 1. The SMILES string of the molecule is Cc1cc(NC(=O)C2CCN(c3ccnc4cc(Cl)ccc34)CC2)no1. The van der Waals surface area contributed by atoms with E-state index in [2.05, 4.69) is 20.4 Å². The topological polar surface area (TPSA) is 71.3 Å². The van der Waals surface area contributed by atoms with Crippen LogP contribution in [0.4, 0.5) is 11.5 Å². The molecule has 1 saturated heterocycles. The molecule has 1 aliphatic heterocycles. The number of fused-ring (bicyclic) bond motifs is 1. The molecule has 0 spiro atoms. The number of anilines is 2. The van der Waals surface area contributed by atoms with Gasteiger partial charge in [0.2, 0.25) is 5.91 Å². The molecule has 0 saturated carbocycles. The molecule has 3 aromatic rings. The second kappa shape index (κ2) is 6.96. The number of hydrogen-bond donors (Lipinski definition) is 1. The lowest BCUT2D eigenvalue weighted by Crippen LogP contribution is -2.38. The molecule has 134 valence electrons. The summed E-state index contributed by atoms with van der Waals surface area (Å²) < 4.78 is 4.99. The number of halogens is 1. The Morgan fingerprint density at radius 1 is 1.27 bits per heavy atom. The van der Waals surface area contributed by atoms with E-state index >= 15 is 0 Å². The van der Waals surface area contributed by atoms with E-state index < -0.39 is 0 Å². The molecule has 4 rings (SSSR count). The van der Waals surface area contributed by atoms with Crippen molar-refractivity contribution in [1.82, 2.24) is 10.1 Å². The summed E-state index contributed by atoms with van der Waals surface area (Å²) >= 11 is 6.07. The van der Waals surface area contributed by atoms with Gasteiger partial charge in [-0.2, -0.15) is 0 Å². The van der Waals surface area contributed by atoms with Crippen LogP contribution < -0.4 is 10.2 Å². The van der Waals surface area contributed by atoms with Crippen molar-refractivity contribution < 1.29 is 9.32 Å². The van der Waals surface area contributed by atoms with Crippen molar-refractivity contribution in [3.63, 3.8) is 0 Å². The van der Waals surface area contributed by atoms with Crippen molar-refractivity contribution in [2.24, 2.45) is 5.92 Å². The minimum Gasteiger partial charge on any atom is -0.371 e. The molecule has 1 aromatic carbocycles. The summed E-state index contributed by atoms with van der Waals surface area (Å²) in [6.07, 6.45) is 3.39. The van der Waals surface area contributed by atoms with Crippen LogP contribution in [0.3, 0.4) is 0 Å². The maximum atomic E-state index is 12.4. The first-order valence-electron chi connectivity index (χ1n) is 8.63. The summed E-state index contributed by atoms with van der Waals surface area (Å²) in [5.41, 5.74) is 2.02. The smallest absolute Gasteiger partial charge is 0.228 e. The second-order valence-electron chi connectivity index (χ2n) is 6.56. The third kappa shape index (κ3) is 3.37. The van der Waals surface area contributed by atoms with Crippen LogP contribution in [0, 0.1) is 12.8 Å². The second-order valence-corrected chi connectivity index (χ2v) is 7.00. The lowest BCUT2D eigenvalue weighted by Gasteiger charge is -2.33. The van der Waals surface area contributed by atoms with E-state index in [0.717, 1.165) is 42.5 Å². The number of aryl methyl sites for hydroxylation is 1. The first kappa shape index (κ1) is 16.8. The molecule has 2 aromatic heterocycles. The highest BCUT2D eigenvalue weighted by Gasteiger charge is 2.26. The van der Waals surface area contributed by atoms with Crippen LogP contribution in [0.1, 0.15) is 18.6 Å². The summed E-state index contributed by atoms with van der Waals surface area (Å²) in [4.78, 5) is 19.1. The summed E-state index contributed by atoms with van der Waals surface area (Å²) in [5.74, 6) is 1.14. The van der Waals surface area contributed by atoms with Gasteiger partial charge in [-0.1, -0.05) is 16.8 Å². The van der Waals surface area contributed by atoms with Crippen molar-refractivity contribution in [2.75, 3.05) is 23.3 Å². The number of carbonyl (C=O) groups is 1. The molecular weight excluding hydrogens is 352 g/mol. The Bertz CT molecular complexity index is 948. The van der Waals surface area contributed by atoms with E-state index in [1.807, 2.05) is 24.3 Å². The normalized spacial score (nSPS) is 15.4. The molecule has 7 heteroatoms. The van der Waals surface area contributed by atoms with E-state index in [-0.39, 0.29) is 11.8 Å². The predicted molar refractivity (Wildman–Crippen MR) is 102 cm³/mol. The van der Waals surface area contributed by atoms with Crippen molar-refractivity contribution in [3.05, 3.63) is 47.3 Å². The van der Waals surface area contributed by atoms with E-state index in [4.69, 9.17) is 16.1 Å². The fraction of sp³-hybridized carbons (Fsp3) is 0.316. The third-order valence-electron chi connectivity index (χ3n) is 4.77. The third-order valence-corrected chi connectivity index (χ3v) is 5.00. The van der Waals surface area contributed by atoms with Gasteiger partial charge in [0.1, 0.15) is 5.76 Å². The van der Waals surface area contributed by atoms with Gasteiger partial charge in [-0.3, -0.25) is 9.78 Å². The predicted octanol–water partition coefficient (Wildman–Crippen LogP) is 4.04. The highest BCUT2D eigenvalue weighted by molar-refractivity contribution is 6.31. The highest BCUT2D eigenvalue weighted by Crippen LogP contribution is 2.30. The zero-order chi connectivity index (χ0) is 18.1. The van der Waals surface area contributed by atoms with Gasteiger partial charge in [0.25, 0.3) is 0 Å². The highest BCUT2D eigenvalue weighted by atomic mass is 35.5. The molecule has 0 bridgehead atoms. The van der Waals surface area contributed by atoms with Crippen molar-refractivity contribution in [3.8, 4) is 0 Å². The van der Waals surface area contributed by atoms with Gasteiger partial charge in [-0.05, 0) is 44.0 Å². The van der Waals surface area contributed by atoms with Gasteiger partial charge in [-0.15, -0.1) is 0 Å². The maximum absolute atomic E-state index is 12.4. The van der Waals surface area contributed by atoms with Crippen molar-refractivity contribution >= 4 is 39.9 Å². The molecule has 3 heterocycles. The first-order valence-corrected chi connectivity index (χ1v) is 9.01. The number of aromatic nitrogens is 2. The number of benzene rings is 1. The summed E-state index contributed by atoms with van der Waals surface area (Å²) in [6.45, 7) is 3.43. The van der Waals surface area contributed by atoms with Crippen LogP contribution >= 0.6 is 11.6 Å². The lowest BCUT2D eigenvalue weighted by molar-refractivity contribution is -0.120. The zero-order valence-electron chi connectivity index (χ0n) is 14.4. The maximum Gasteiger partial charge on any atom is 0.228 e. The zero-order valence-corrected chi connectivity index (χ0v) is 15.2. The van der Waals surface area contributed by atoms with Crippen LogP contribution in [0.5, 0.6) is 0 Å². The van der Waals surface area contributed by atoms with Crippen LogP contribution in [0.25, 0.3) is 10.9 Å². The van der Waals surface area contributed by atoms with E-state index in [1.165, 1.54) is 0 Å². The lowest BCUT2D eigenvalue weighted by atomic mass is 9.95. The Labute approximate surface area is 156 Å². The molecule has 1 amide bonds. The Kier molecular flexibility index (Phi) is 4.51. The number of nitrogens with zero attached hydrogens (tertiary/aromatic N) is 3. The fourth-order valence-electron chi connectivity index (χ4n) is 3.42. The molecule has 1 fully saturated rings.